The van der Waals surface area contributed by atoms with Crippen LogP contribution in [0.5, 0.6) is 11.8 Å². The molecule has 3 heterocycles. The van der Waals surface area contributed by atoms with Crippen molar-refractivity contribution in [2.24, 2.45) is 7.05 Å². The maximum absolute atomic E-state index is 5.94. The molecular weight excluding hydrogens is 352 g/mol. The molecule has 1 aromatic carbocycles. The Hall–Kier alpha value is -3.61. The van der Waals surface area contributed by atoms with Gasteiger partial charge in [-0.2, -0.15) is 4.98 Å². The van der Waals surface area contributed by atoms with E-state index in [9.17, 15) is 0 Å². The van der Waals surface area contributed by atoms with Gasteiger partial charge in [-0.25, -0.2) is 9.97 Å². The summed E-state index contributed by atoms with van der Waals surface area (Å²) in [5.74, 6) is 1.53. The quantitative estimate of drug-likeness (QED) is 0.520. The number of nitrogens with zero attached hydrogens (tertiary/aromatic N) is 4. The number of nitrogens with one attached hydrogen (secondary N) is 2. The Morgan fingerprint density at radius 2 is 1.79 bits per heavy atom. The molecule has 3 aromatic heterocycles. The highest BCUT2D eigenvalue weighted by molar-refractivity contribution is 5.72. The molecule has 0 amide bonds. The fraction of sp³-hybridized carbons (Fsp3) is 0.190. The van der Waals surface area contributed by atoms with Crippen LogP contribution in [-0.4, -0.2) is 25.6 Å². The van der Waals surface area contributed by atoms with Gasteiger partial charge < -0.3 is 15.4 Å². The number of imidazole rings is 1. The van der Waals surface area contributed by atoms with Crippen molar-refractivity contribution in [2.75, 3.05) is 10.6 Å². The topological polar surface area (TPSA) is 76.9 Å². The van der Waals surface area contributed by atoms with E-state index in [1.54, 1.807) is 12.4 Å². The summed E-state index contributed by atoms with van der Waals surface area (Å²) in [5.41, 5.74) is 3.57. The van der Waals surface area contributed by atoms with Crippen LogP contribution in [-0.2, 0) is 7.05 Å². The summed E-state index contributed by atoms with van der Waals surface area (Å²) >= 11 is 0. The summed E-state index contributed by atoms with van der Waals surface area (Å²) in [6, 6.07) is 16.6. The highest BCUT2D eigenvalue weighted by atomic mass is 16.5. The van der Waals surface area contributed by atoms with Gasteiger partial charge >= 0.3 is 6.01 Å². The first-order valence-corrected chi connectivity index (χ1v) is 9.30. The number of anilines is 3. The minimum absolute atomic E-state index is 0.509. The molecule has 0 atom stereocenters. The molecule has 0 bridgehead atoms. The van der Waals surface area contributed by atoms with Crippen LogP contribution in [0.25, 0.3) is 11.2 Å². The Morgan fingerprint density at radius 3 is 2.57 bits per heavy atom. The second kappa shape index (κ2) is 6.84. The lowest BCUT2D eigenvalue weighted by molar-refractivity contribution is 0.427. The molecule has 28 heavy (non-hydrogen) atoms. The molecule has 2 N–H and O–H groups in total. The van der Waals surface area contributed by atoms with Crippen LogP contribution in [0.4, 0.5) is 17.2 Å². The molecule has 0 aliphatic heterocycles. The summed E-state index contributed by atoms with van der Waals surface area (Å²) in [4.78, 5) is 13.3. The Balaban J connectivity index is 1.32. The average Bonchev–Trinajstić information content (AvgIpc) is 3.49. The molecule has 1 aliphatic carbocycles. The molecule has 140 valence electrons. The third-order valence-electron chi connectivity index (χ3n) is 4.66. The Kier molecular flexibility index (Phi) is 4.05. The van der Waals surface area contributed by atoms with Gasteiger partial charge in [-0.15, -0.1) is 0 Å². The van der Waals surface area contributed by atoms with E-state index < -0.39 is 0 Å². The predicted molar refractivity (Wildman–Crippen MR) is 109 cm³/mol. The maximum atomic E-state index is 5.94. The van der Waals surface area contributed by atoms with Crippen molar-refractivity contribution in [3.8, 4) is 11.8 Å². The van der Waals surface area contributed by atoms with Gasteiger partial charge in [-0.3, -0.25) is 4.57 Å². The number of aryl methyl sites for hydroxylation is 1. The monoisotopic (exact) mass is 372 g/mol. The van der Waals surface area contributed by atoms with Crippen molar-refractivity contribution >= 4 is 28.4 Å². The number of ether oxygens (including phenoxy) is 1. The first-order valence-electron chi connectivity index (χ1n) is 9.30. The van der Waals surface area contributed by atoms with Gasteiger partial charge in [0.1, 0.15) is 11.3 Å². The zero-order valence-electron chi connectivity index (χ0n) is 15.5. The highest BCUT2D eigenvalue weighted by Crippen LogP contribution is 2.30. The van der Waals surface area contributed by atoms with Gasteiger partial charge in [-0.05, 0) is 61.4 Å². The van der Waals surface area contributed by atoms with E-state index in [0.717, 1.165) is 28.4 Å². The van der Waals surface area contributed by atoms with Crippen LogP contribution >= 0.6 is 0 Å². The molecule has 1 fully saturated rings. The maximum Gasteiger partial charge on any atom is 0.303 e. The van der Waals surface area contributed by atoms with E-state index in [1.807, 2.05) is 60.1 Å². The smallest absolute Gasteiger partial charge is 0.303 e. The van der Waals surface area contributed by atoms with Crippen molar-refractivity contribution in [3.05, 3.63) is 60.9 Å². The lowest BCUT2D eigenvalue weighted by Crippen LogP contribution is -2.05. The van der Waals surface area contributed by atoms with E-state index >= 15 is 0 Å². The number of aromatic nitrogens is 4. The molecule has 4 aromatic rings. The SMILES string of the molecule is Cn1c(Oc2ccc(Nc3ncccc3NC3CC3)cc2)nc2cccnc21. The first-order chi connectivity index (χ1) is 13.8. The number of hydrogen-bond donors (Lipinski definition) is 2. The van der Waals surface area contributed by atoms with Crippen molar-refractivity contribution in [1.29, 1.82) is 0 Å². The second-order valence-corrected chi connectivity index (χ2v) is 6.87. The van der Waals surface area contributed by atoms with Crippen molar-refractivity contribution in [1.82, 2.24) is 19.5 Å². The van der Waals surface area contributed by atoms with Crippen LogP contribution < -0.4 is 15.4 Å². The van der Waals surface area contributed by atoms with Crippen molar-refractivity contribution in [3.63, 3.8) is 0 Å². The minimum atomic E-state index is 0.509. The zero-order valence-corrected chi connectivity index (χ0v) is 15.5. The van der Waals surface area contributed by atoms with Gasteiger partial charge in [0, 0.05) is 31.2 Å². The van der Waals surface area contributed by atoms with Gasteiger partial charge in [-0.1, -0.05) is 0 Å². The van der Waals surface area contributed by atoms with Gasteiger partial charge in [0.25, 0.3) is 0 Å². The van der Waals surface area contributed by atoms with Crippen molar-refractivity contribution < 1.29 is 4.74 Å². The third-order valence-corrected chi connectivity index (χ3v) is 4.66. The molecule has 1 saturated carbocycles. The molecule has 5 rings (SSSR count). The second-order valence-electron chi connectivity index (χ2n) is 6.87. The van der Waals surface area contributed by atoms with Gasteiger partial charge in [0.2, 0.25) is 0 Å². The number of rotatable bonds is 6. The van der Waals surface area contributed by atoms with Crippen LogP contribution in [0.3, 0.4) is 0 Å². The van der Waals surface area contributed by atoms with E-state index in [2.05, 4.69) is 25.6 Å². The number of fused-ring (bicyclic) bond motifs is 1. The van der Waals surface area contributed by atoms with E-state index in [0.29, 0.717) is 17.8 Å². The molecule has 0 saturated heterocycles. The molecule has 0 radical (unpaired) electrons. The number of pyridine rings is 2. The van der Waals surface area contributed by atoms with Crippen LogP contribution in [0.2, 0.25) is 0 Å². The molecule has 7 nitrogen and oxygen atoms in total. The first kappa shape index (κ1) is 16.6. The largest absolute Gasteiger partial charge is 0.425 e. The molecular formula is C21H20N6O. The predicted octanol–water partition coefficient (Wildman–Crippen LogP) is 4.47. The van der Waals surface area contributed by atoms with Crippen LogP contribution in [0, 0.1) is 0 Å². The molecule has 7 heteroatoms. The molecule has 0 spiro atoms. The lowest BCUT2D eigenvalue weighted by Gasteiger charge is -2.12. The Morgan fingerprint density at radius 1 is 1.00 bits per heavy atom. The lowest BCUT2D eigenvalue weighted by atomic mass is 10.3. The highest BCUT2D eigenvalue weighted by Gasteiger charge is 2.22. The number of hydrogen-bond acceptors (Lipinski definition) is 6. The standard InChI is InChI=1S/C21H20N6O/c1-27-20-18(5-3-13-23-20)26-21(27)28-16-10-8-15(9-11-16)25-19-17(4-2-12-22-19)24-14-6-7-14/h2-5,8-14,24H,6-7H2,1H3,(H,22,25). The van der Waals surface area contributed by atoms with Gasteiger partial charge in [0.15, 0.2) is 11.5 Å². The van der Waals surface area contributed by atoms with Crippen LogP contribution in [0.15, 0.2) is 60.9 Å². The van der Waals surface area contributed by atoms with Crippen LogP contribution in [0.1, 0.15) is 12.8 Å². The Labute approximate surface area is 162 Å². The summed E-state index contributed by atoms with van der Waals surface area (Å²) < 4.78 is 7.78. The van der Waals surface area contributed by atoms with E-state index in [4.69, 9.17) is 4.74 Å². The molecule has 1 aliphatic rings. The zero-order chi connectivity index (χ0) is 18.9. The average molecular weight is 372 g/mol. The normalized spacial score (nSPS) is 13.5. The summed E-state index contributed by atoms with van der Waals surface area (Å²) in [6.07, 6.45) is 5.98. The third kappa shape index (κ3) is 3.34. The fourth-order valence-electron chi connectivity index (χ4n) is 3.01. The number of benzene rings is 1. The fourth-order valence-corrected chi connectivity index (χ4v) is 3.01. The van der Waals surface area contributed by atoms with Gasteiger partial charge in [0.05, 0.1) is 5.69 Å². The summed E-state index contributed by atoms with van der Waals surface area (Å²) in [7, 11) is 1.89. The van der Waals surface area contributed by atoms with E-state index in [-0.39, 0.29) is 0 Å². The summed E-state index contributed by atoms with van der Waals surface area (Å²) in [5, 5.41) is 6.87. The minimum Gasteiger partial charge on any atom is -0.425 e. The Bertz CT molecular complexity index is 1120. The summed E-state index contributed by atoms with van der Waals surface area (Å²) in [6.45, 7) is 0. The van der Waals surface area contributed by atoms with E-state index in [1.165, 1.54) is 12.8 Å². The van der Waals surface area contributed by atoms with Crippen molar-refractivity contribution in [2.45, 2.75) is 18.9 Å². The molecule has 0 unspecified atom stereocenters.